The molecule has 0 aromatic heterocycles. The number of methoxy groups -OCH3 is 1. The molecular weight excluding hydrogens is 651 g/mol. The van der Waals surface area contributed by atoms with E-state index in [1.165, 1.54) is 0 Å². The first-order valence-corrected chi connectivity index (χ1v) is 9.67. The van der Waals surface area contributed by atoms with Gasteiger partial charge in [-0.05, 0) is 88.6 Å². The summed E-state index contributed by atoms with van der Waals surface area (Å²) in [5.41, 5.74) is 0. The van der Waals surface area contributed by atoms with Crippen molar-refractivity contribution in [3.63, 3.8) is 0 Å². The molecular formula is C13H7Br4IO3. The minimum atomic E-state index is 0.0509. The molecule has 2 aromatic carbocycles. The lowest BCUT2D eigenvalue weighted by molar-refractivity contribution is 0.362. The molecule has 0 bridgehead atoms. The Kier molecular flexibility index (Phi) is 6.26. The van der Waals surface area contributed by atoms with Crippen LogP contribution >= 0.6 is 86.3 Å². The van der Waals surface area contributed by atoms with Crippen molar-refractivity contribution >= 4 is 86.3 Å². The first-order chi connectivity index (χ1) is 9.85. The molecule has 1 N–H and O–H groups in total. The molecule has 0 heterocycles. The number of ether oxygens (including phenoxy) is 2. The average molecular weight is 658 g/mol. The number of hydrogen-bond donors (Lipinski definition) is 1. The largest absolute Gasteiger partial charge is 0.503 e. The third kappa shape index (κ3) is 3.88. The van der Waals surface area contributed by atoms with E-state index in [2.05, 4.69) is 63.7 Å². The molecule has 0 aliphatic heterocycles. The van der Waals surface area contributed by atoms with E-state index in [1.807, 2.05) is 34.7 Å². The summed E-state index contributed by atoms with van der Waals surface area (Å²) < 4.78 is 14.8. The minimum Gasteiger partial charge on any atom is -0.503 e. The van der Waals surface area contributed by atoms with Gasteiger partial charge in [-0.25, -0.2) is 0 Å². The molecule has 2 rings (SSSR count). The van der Waals surface area contributed by atoms with Crippen LogP contribution in [0, 0.1) is 3.57 Å². The zero-order valence-corrected chi connectivity index (χ0v) is 18.9. The average Bonchev–Trinajstić information content (AvgIpc) is 2.41. The van der Waals surface area contributed by atoms with E-state index in [1.54, 1.807) is 13.2 Å². The van der Waals surface area contributed by atoms with E-state index in [0.29, 0.717) is 25.3 Å². The maximum absolute atomic E-state index is 10.3. The Balaban J connectivity index is 2.56. The molecule has 0 saturated carbocycles. The SMILES string of the molecule is COc1c(Br)cc(Br)cc1Oc1c(Br)cc(Br)c(I)c1O. The monoisotopic (exact) mass is 654 g/mol. The van der Waals surface area contributed by atoms with E-state index < -0.39 is 0 Å². The van der Waals surface area contributed by atoms with Crippen molar-refractivity contribution in [3.8, 4) is 23.0 Å². The summed E-state index contributed by atoms with van der Waals surface area (Å²) in [5.74, 6) is 1.40. The highest BCUT2D eigenvalue weighted by Gasteiger charge is 2.19. The predicted octanol–water partition coefficient (Wildman–Crippen LogP) is 6.85. The first-order valence-electron chi connectivity index (χ1n) is 5.42. The van der Waals surface area contributed by atoms with Crippen LogP contribution < -0.4 is 9.47 Å². The van der Waals surface area contributed by atoms with Gasteiger partial charge in [0, 0.05) is 8.95 Å². The Morgan fingerprint density at radius 3 is 2.19 bits per heavy atom. The van der Waals surface area contributed by atoms with Gasteiger partial charge in [-0.1, -0.05) is 15.9 Å². The van der Waals surface area contributed by atoms with Gasteiger partial charge in [-0.3, -0.25) is 0 Å². The lowest BCUT2D eigenvalue weighted by atomic mass is 10.3. The van der Waals surface area contributed by atoms with Gasteiger partial charge in [0.15, 0.2) is 23.0 Å². The second-order valence-electron chi connectivity index (χ2n) is 3.85. The first kappa shape index (κ1) is 17.8. The lowest BCUT2D eigenvalue weighted by Crippen LogP contribution is -1.94. The van der Waals surface area contributed by atoms with E-state index in [0.717, 1.165) is 13.4 Å². The van der Waals surface area contributed by atoms with Gasteiger partial charge < -0.3 is 14.6 Å². The minimum absolute atomic E-state index is 0.0509. The van der Waals surface area contributed by atoms with Crippen LogP contribution in [0.5, 0.6) is 23.0 Å². The second kappa shape index (κ2) is 7.37. The standard InChI is InChI=1S/C13H7Br4IO3/c1-20-12-7(16)2-5(14)3-9(12)21-13-8(17)4-6(15)10(18)11(13)19/h2-4,19H,1H3. The van der Waals surface area contributed by atoms with E-state index >= 15 is 0 Å². The van der Waals surface area contributed by atoms with Gasteiger partial charge in [0.25, 0.3) is 0 Å². The molecule has 0 spiro atoms. The fraction of sp³-hybridized carbons (Fsp3) is 0.0769. The summed E-state index contributed by atoms with van der Waals surface area (Å²) in [5, 5.41) is 10.3. The smallest absolute Gasteiger partial charge is 0.184 e. The molecule has 0 unspecified atom stereocenters. The molecule has 0 radical (unpaired) electrons. The van der Waals surface area contributed by atoms with Crippen LogP contribution in [-0.2, 0) is 0 Å². The molecule has 0 fully saturated rings. The van der Waals surface area contributed by atoms with Crippen molar-refractivity contribution in [2.75, 3.05) is 7.11 Å². The molecule has 21 heavy (non-hydrogen) atoms. The molecule has 0 atom stereocenters. The Labute approximate surface area is 169 Å². The number of phenolic OH excluding ortho intramolecular Hbond substituents is 1. The molecule has 8 heteroatoms. The Morgan fingerprint density at radius 1 is 0.952 bits per heavy atom. The van der Waals surface area contributed by atoms with Gasteiger partial charge in [0.1, 0.15) is 0 Å². The predicted molar refractivity (Wildman–Crippen MR) is 105 cm³/mol. The topological polar surface area (TPSA) is 38.7 Å². The fourth-order valence-corrected chi connectivity index (χ4v) is 4.55. The summed E-state index contributed by atoms with van der Waals surface area (Å²) in [6.07, 6.45) is 0. The zero-order chi connectivity index (χ0) is 15.7. The van der Waals surface area contributed by atoms with Gasteiger partial charge in [0.2, 0.25) is 0 Å². The van der Waals surface area contributed by atoms with Crippen LogP contribution in [0.2, 0.25) is 0 Å². The number of rotatable bonds is 3. The van der Waals surface area contributed by atoms with Crippen LogP contribution in [0.3, 0.4) is 0 Å². The number of benzene rings is 2. The zero-order valence-electron chi connectivity index (χ0n) is 10.4. The van der Waals surface area contributed by atoms with Crippen molar-refractivity contribution in [1.29, 1.82) is 0 Å². The van der Waals surface area contributed by atoms with Gasteiger partial charge in [-0.15, -0.1) is 0 Å². The number of aromatic hydroxyl groups is 1. The Hall–Kier alpha value is 0.490. The lowest BCUT2D eigenvalue weighted by Gasteiger charge is -2.15. The molecule has 0 amide bonds. The third-order valence-electron chi connectivity index (χ3n) is 2.49. The third-order valence-corrected chi connectivity index (χ3v) is 6.59. The number of hydrogen-bond acceptors (Lipinski definition) is 3. The normalized spacial score (nSPS) is 10.6. The summed E-state index contributed by atoms with van der Waals surface area (Å²) in [6.45, 7) is 0. The quantitative estimate of drug-likeness (QED) is 0.290. The van der Waals surface area contributed by atoms with Gasteiger partial charge in [-0.2, -0.15) is 0 Å². The number of halogens is 5. The van der Waals surface area contributed by atoms with Gasteiger partial charge >= 0.3 is 0 Å². The Morgan fingerprint density at radius 2 is 1.57 bits per heavy atom. The van der Waals surface area contributed by atoms with Crippen molar-refractivity contribution in [1.82, 2.24) is 0 Å². The van der Waals surface area contributed by atoms with Crippen molar-refractivity contribution < 1.29 is 14.6 Å². The van der Waals surface area contributed by atoms with Crippen molar-refractivity contribution in [2.45, 2.75) is 0 Å². The van der Waals surface area contributed by atoms with Crippen molar-refractivity contribution in [2.24, 2.45) is 0 Å². The highest BCUT2D eigenvalue weighted by molar-refractivity contribution is 14.1. The maximum Gasteiger partial charge on any atom is 0.184 e. The maximum atomic E-state index is 10.3. The van der Waals surface area contributed by atoms with E-state index in [9.17, 15) is 5.11 Å². The molecule has 3 nitrogen and oxygen atoms in total. The van der Waals surface area contributed by atoms with Crippen LogP contribution in [-0.4, -0.2) is 12.2 Å². The van der Waals surface area contributed by atoms with Crippen molar-refractivity contribution in [3.05, 3.63) is 39.7 Å². The number of phenols is 1. The summed E-state index contributed by atoms with van der Waals surface area (Å²) in [7, 11) is 1.56. The Bertz CT molecular complexity index is 707. The van der Waals surface area contributed by atoms with E-state index in [-0.39, 0.29) is 5.75 Å². The van der Waals surface area contributed by atoms with Crippen LogP contribution in [0.15, 0.2) is 36.1 Å². The summed E-state index contributed by atoms with van der Waals surface area (Å²) >= 11 is 15.6. The highest BCUT2D eigenvalue weighted by Crippen LogP contribution is 2.47. The summed E-state index contributed by atoms with van der Waals surface area (Å²) in [6, 6.07) is 5.44. The molecule has 0 saturated heterocycles. The molecule has 0 aliphatic rings. The summed E-state index contributed by atoms with van der Waals surface area (Å²) in [4.78, 5) is 0. The fourth-order valence-electron chi connectivity index (χ4n) is 1.58. The molecule has 0 aliphatic carbocycles. The molecule has 2 aromatic rings. The van der Waals surface area contributed by atoms with Gasteiger partial charge in [0.05, 0.1) is 19.6 Å². The van der Waals surface area contributed by atoms with Crippen LogP contribution in [0.25, 0.3) is 0 Å². The molecule has 112 valence electrons. The van der Waals surface area contributed by atoms with E-state index in [4.69, 9.17) is 9.47 Å². The van der Waals surface area contributed by atoms with Crippen LogP contribution in [0.1, 0.15) is 0 Å². The highest BCUT2D eigenvalue weighted by atomic mass is 127. The van der Waals surface area contributed by atoms with Crippen LogP contribution in [0.4, 0.5) is 0 Å². The second-order valence-corrected chi connectivity index (χ2v) is 8.41.